The first-order chi connectivity index (χ1) is 7.49. The Morgan fingerprint density at radius 2 is 2.19 bits per heavy atom. The van der Waals surface area contributed by atoms with Gasteiger partial charge in [-0.1, -0.05) is 18.3 Å². The van der Waals surface area contributed by atoms with Crippen LogP contribution in [0.2, 0.25) is 0 Å². The molecule has 0 fully saturated rings. The summed E-state index contributed by atoms with van der Waals surface area (Å²) in [6, 6.07) is 5.75. The molecule has 16 heavy (non-hydrogen) atoms. The molecule has 1 rings (SSSR count). The van der Waals surface area contributed by atoms with Gasteiger partial charge in [-0.05, 0) is 40.5 Å². The highest BCUT2D eigenvalue weighted by Gasteiger charge is 2.05. The second-order valence-corrected chi connectivity index (χ2v) is 4.88. The number of halogens is 1. The largest absolute Gasteiger partial charge is 0.393 e. The first kappa shape index (κ1) is 13.1. The van der Waals surface area contributed by atoms with E-state index in [1.54, 1.807) is 0 Å². The summed E-state index contributed by atoms with van der Waals surface area (Å²) in [5.41, 5.74) is 7.22. The zero-order chi connectivity index (χ0) is 12.1. The van der Waals surface area contributed by atoms with Gasteiger partial charge >= 0.3 is 0 Å². The minimum absolute atomic E-state index is 0.0858. The van der Waals surface area contributed by atoms with Gasteiger partial charge in [0.15, 0.2) is 0 Å². The topological polar surface area (TPSA) is 55.1 Å². The summed E-state index contributed by atoms with van der Waals surface area (Å²) in [4.78, 5) is 11.9. The molecule has 0 aromatic heterocycles. The van der Waals surface area contributed by atoms with Crippen molar-refractivity contribution in [3.8, 4) is 0 Å². The van der Waals surface area contributed by atoms with Crippen molar-refractivity contribution in [1.82, 2.24) is 0 Å². The van der Waals surface area contributed by atoms with Gasteiger partial charge in [-0.3, -0.25) is 4.79 Å². The Kier molecular flexibility index (Phi) is 4.89. The molecule has 0 unspecified atom stereocenters. The van der Waals surface area contributed by atoms with E-state index in [0.717, 1.165) is 15.7 Å². The predicted molar refractivity (Wildman–Crippen MR) is 73.5 cm³/mol. The van der Waals surface area contributed by atoms with Crippen LogP contribution < -0.4 is 11.1 Å². The van der Waals surface area contributed by atoms with Gasteiger partial charge in [-0.2, -0.15) is 0 Å². The van der Waals surface area contributed by atoms with Crippen LogP contribution in [0.25, 0.3) is 0 Å². The maximum absolute atomic E-state index is 11.5. The summed E-state index contributed by atoms with van der Waals surface area (Å²) >= 11 is 8.10. The van der Waals surface area contributed by atoms with Crippen LogP contribution in [0.5, 0.6) is 0 Å². The molecule has 1 aromatic carbocycles. The molecule has 0 aliphatic rings. The fourth-order valence-electron chi connectivity index (χ4n) is 1.17. The van der Waals surface area contributed by atoms with Crippen molar-refractivity contribution in [1.29, 1.82) is 0 Å². The number of hydrogen-bond donors (Lipinski definition) is 2. The lowest BCUT2D eigenvalue weighted by molar-refractivity contribution is -0.116. The highest BCUT2D eigenvalue weighted by Crippen LogP contribution is 2.23. The number of anilines is 1. The third-order valence-corrected chi connectivity index (χ3v) is 2.86. The number of aryl methyl sites for hydroxylation is 1. The number of carbonyl (C=O) groups excluding carboxylic acids is 1. The molecular weight excluding hydrogens is 288 g/mol. The fraction of sp³-hybridized carbons (Fsp3) is 0.273. The molecule has 0 atom stereocenters. The summed E-state index contributed by atoms with van der Waals surface area (Å²) < 4.78 is 0.871. The van der Waals surface area contributed by atoms with E-state index in [0.29, 0.717) is 17.8 Å². The number of thiocarbonyl (C=S) groups is 1. The van der Waals surface area contributed by atoms with E-state index < -0.39 is 0 Å². The Morgan fingerprint density at radius 3 is 2.75 bits per heavy atom. The molecule has 0 saturated heterocycles. The van der Waals surface area contributed by atoms with Crippen LogP contribution in [0.3, 0.4) is 0 Å². The molecule has 3 nitrogen and oxygen atoms in total. The minimum atomic E-state index is -0.0858. The second-order valence-electron chi connectivity index (χ2n) is 3.50. The number of rotatable bonds is 4. The monoisotopic (exact) mass is 300 g/mol. The maximum Gasteiger partial charge on any atom is 0.224 e. The summed E-state index contributed by atoms with van der Waals surface area (Å²) in [7, 11) is 0. The van der Waals surface area contributed by atoms with Crippen molar-refractivity contribution < 1.29 is 4.79 Å². The van der Waals surface area contributed by atoms with Gasteiger partial charge in [0.2, 0.25) is 5.91 Å². The zero-order valence-corrected chi connectivity index (χ0v) is 11.3. The molecule has 3 N–H and O–H groups in total. The first-order valence-corrected chi connectivity index (χ1v) is 6.03. The van der Waals surface area contributed by atoms with Gasteiger partial charge in [0.25, 0.3) is 0 Å². The highest BCUT2D eigenvalue weighted by molar-refractivity contribution is 9.10. The van der Waals surface area contributed by atoms with Crippen molar-refractivity contribution >= 4 is 44.7 Å². The Bertz CT molecular complexity index is 420. The average Bonchev–Trinajstić information content (AvgIpc) is 2.19. The third-order valence-electron chi connectivity index (χ3n) is 2.00. The zero-order valence-electron chi connectivity index (χ0n) is 8.92. The number of amides is 1. The van der Waals surface area contributed by atoms with Crippen molar-refractivity contribution in [2.24, 2.45) is 5.73 Å². The Morgan fingerprint density at radius 1 is 1.50 bits per heavy atom. The van der Waals surface area contributed by atoms with Crippen LogP contribution in [0.4, 0.5) is 5.69 Å². The van der Waals surface area contributed by atoms with Crippen LogP contribution in [-0.4, -0.2) is 10.9 Å². The van der Waals surface area contributed by atoms with E-state index >= 15 is 0 Å². The normalized spacial score (nSPS) is 9.88. The van der Waals surface area contributed by atoms with Gasteiger partial charge in [-0.25, -0.2) is 0 Å². The lowest BCUT2D eigenvalue weighted by Gasteiger charge is -2.07. The summed E-state index contributed by atoms with van der Waals surface area (Å²) in [6.07, 6.45) is 0.750. The van der Waals surface area contributed by atoms with Crippen molar-refractivity contribution in [2.45, 2.75) is 19.8 Å². The van der Waals surface area contributed by atoms with Gasteiger partial charge in [0.05, 0.1) is 10.7 Å². The van der Waals surface area contributed by atoms with Crippen LogP contribution in [0.15, 0.2) is 22.7 Å². The summed E-state index contributed by atoms with van der Waals surface area (Å²) in [6.45, 7) is 1.99. The molecule has 1 aromatic rings. The van der Waals surface area contributed by atoms with Crippen LogP contribution >= 0.6 is 28.1 Å². The lowest BCUT2D eigenvalue weighted by atomic mass is 10.2. The Hall–Kier alpha value is -0.940. The van der Waals surface area contributed by atoms with Crippen LogP contribution in [0, 0.1) is 6.92 Å². The molecule has 0 radical (unpaired) electrons. The maximum atomic E-state index is 11.5. The van der Waals surface area contributed by atoms with E-state index in [1.807, 2.05) is 25.1 Å². The number of nitrogens with one attached hydrogen (secondary N) is 1. The molecular formula is C11H13BrN2OS. The van der Waals surface area contributed by atoms with E-state index in [1.165, 1.54) is 0 Å². The van der Waals surface area contributed by atoms with E-state index in [2.05, 4.69) is 21.2 Å². The SMILES string of the molecule is Cc1ccc(NC(=O)CCC(N)=S)c(Br)c1. The van der Waals surface area contributed by atoms with Crippen molar-refractivity contribution in [3.05, 3.63) is 28.2 Å². The molecule has 0 aliphatic heterocycles. The van der Waals surface area contributed by atoms with Crippen molar-refractivity contribution in [2.75, 3.05) is 5.32 Å². The minimum Gasteiger partial charge on any atom is -0.393 e. The van der Waals surface area contributed by atoms with Gasteiger partial charge in [-0.15, -0.1) is 0 Å². The lowest BCUT2D eigenvalue weighted by Crippen LogP contribution is -2.16. The van der Waals surface area contributed by atoms with Crippen LogP contribution in [-0.2, 0) is 4.79 Å². The van der Waals surface area contributed by atoms with E-state index in [9.17, 15) is 4.79 Å². The molecule has 1 amide bonds. The average molecular weight is 301 g/mol. The van der Waals surface area contributed by atoms with E-state index in [-0.39, 0.29) is 5.91 Å². The quantitative estimate of drug-likeness (QED) is 0.841. The summed E-state index contributed by atoms with van der Waals surface area (Å²) in [5, 5.41) is 2.79. The Labute approximate surface area is 109 Å². The first-order valence-electron chi connectivity index (χ1n) is 4.83. The van der Waals surface area contributed by atoms with Gasteiger partial charge in [0.1, 0.15) is 0 Å². The standard InChI is InChI=1S/C11H13BrN2OS/c1-7-2-3-9(8(12)6-7)14-11(15)5-4-10(13)16/h2-3,6H,4-5H2,1H3,(H2,13,16)(H,14,15). The highest BCUT2D eigenvalue weighted by atomic mass is 79.9. The number of nitrogens with two attached hydrogens (primary N) is 1. The van der Waals surface area contributed by atoms with E-state index in [4.69, 9.17) is 18.0 Å². The second kappa shape index (κ2) is 5.96. The fourth-order valence-corrected chi connectivity index (χ4v) is 1.87. The molecule has 0 bridgehead atoms. The number of hydrogen-bond acceptors (Lipinski definition) is 2. The molecule has 0 heterocycles. The predicted octanol–water partition coefficient (Wildman–Crippen LogP) is 2.76. The van der Waals surface area contributed by atoms with Crippen LogP contribution in [0.1, 0.15) is 18.4 Å². The van der Waals surface area contributed by atoms with Gasteiger partial charge in [0, 0.05) is 17.3 Å². The van der Waals surface area contributed by atoms with Crippen molar-refractivity contribution in [3.63, 3.8) is 0 Å². The van der Waals surface area contributed by atoms with Gasteiger partial charge < -0.3 is 11.1 Å². The summed E-state index contributed by atoms with van der Waals surface area (Å²) in [5.74, 6) is -0.0858. The molecule has 0 aliphatic carbocycles. The number of carbonyl (C=O) groups is 1. The molecule has 86 valence electrons. The third kappa shape index (κ3) is 4.28. The number of benzene rings is 1. The molecule has 0 saturated carbocycles. The molecule has 5 heteroatoms. The Balaban J connectivity index is 2.59. The smallest absolute Gasteiger partial charge is 0.224 e. The molecule has 0 spiro atoms.